The van der Waals surface area contributed by atoms with Crippen LogP contribution in [-0.2, 0) is 14.2 Å². The molecule has 3 heteroatoms. The molecule has 0 aromatic rings. The molecule has 1 spiro atoms. The molecule has 2 heterocycles. The van der Waals surface area contributed by atoms with Crippen molar-refractivity contribution in [1.82, 2.24) is 0 Å². The van der Waals surface area contributed by atoms with Crippen molar-refractivity contribution in [2.24, 2.45) is 0 Å². The lowest BCUT2D eigenvalue weighted by Crippen LogP contribution is -2.54. The minimum Gasteiger partial charge on any atom is -0.375 e. The standard InChI is InChI=1S/C6H10O3/c1-2-7-5-9-6(1)3-8-4-6/h1-5H2. The van der Waals surface area contributed by atoms with Crippen LogP contribution in [0.1, 0.15) is 6.42 Å². The Bertz CT molecular complexity index is 101. The van der Waals surface area contributed by atoms with Gasteiger partial charge in [0.25, 0.3) is 0 Å². The second-order valence-corrected chi connectivity index (χ2v) is 2.60. The predicted octanol–water partition coefficient (Wildman–Crippen LogP) is 0.150. The summed E-state index contributed by atoms with van der Waals surface area (Å²) < 4.78 is 15.4. The summed E-state index contributed by atoms with van der Waals surface area (Å²) in [6.07, 6.45) is 0.993. The van der Waals surface area contributed by atoms with E-state index in [0.29, 0.717) is 6.79 Å². The zero-order valence-electron chi connectivity index (χ0n) is 5.26. The quantitative estimate of drug-likeness (QED) is 0.467. The van der Waals surface area contributed by atoms with E-state index in [9.17, 15) is 0 Å². The van der Waals surface area contributed by atoms with Crippen LogP contribution in [0.5, 0.6) is 0 Å². The highest BCUT2D eigenvalue weighted by Crippen LogP contribution is 2.28. The van der Waals surface area contributed by atoms with Crippen LogP contribution in [0.25, 0.3) is 0 Å². The minimum absolute atomic E-state index is 0.0538. The van der Waals surface area contributed by atoms with E-state index < -0.39 is 0 Å². The molecule has 0 aromatic heterocycles. The molecular formula is C6H10O3. The van der Waals surface area contributed by atoms with Crippen LogP contribution in [0.15, 0.2) is 0 Å². The Hall–Kier alpha value is -0.120. The second-order valence-electron chi connectivity index (χ2n) is 2.60. The van der Waals surface area contributed by atoms with Crippen molar-refractivity contribution >= 4 is 0 Å². The van der Waals surface area contributed by atoms with Crippen molar-refractivity contribution in [3.05, 3.63) is 0 Å². The van der Waals surface area contributed by atoms with Gasteiger partial charge in [0, 0.05) is 6.42 Å². The van der Waals surface area contributed by atoms with E-state index in [0.717, 1.165) is 26.2 Å². The lowest BCUT2D eigenvalue weighted by molar-refractivity contribution is -0.280. The van der Waals surface area contributed by atoms with Crippen molar-refractivity contribution in [2.75, 3.05) is 26.6 Å². The van der Waals surface area contributed by atoms with Crippen LogP contribution in [0.2, 0.25) is 0 Å². The maximum Gasteiger partial charge on any atom is 0.147 e. The summed E-state index contributed by atoms with van der Waals surface area (Å²) in [6.45, 7) is 2.79. The summed E-state index contributed by atoms with van der Waals surface area (Å²) in [5.41, 5.74) is 0.0538. The molecule has 52 valence electrons. The fraction of sp³-hybridized carbons (Fsp3) is 1.00. The summed E-state index contributed by atoms with van der Waals surface area (Å²) in [5.74, 6) is 0. The summed E-state index contributed by atoms with van der Waals surface area (Å²) >= 11 is 0. The number of hydrogen-bond donors (Lipinski definition) is 0. The normalized spacial score (nSPS) is 32.0. The third-order valence-corrected chi connectivity index (χ3v) is 1.88. The van der Waals surface area contributed by atoms with Gasteiger partial charge in [-0.05, 0) is 0 Å². The molecule has 0 bridgehead atoms. The molecule has 2 aliphatic rings. The van der Waals surface area contributed by atoms with E-state index in [-0.39, 0.29) is 5.60 Å². The van der Waals surface area contributed by atoms with E-state index in [1.165, 1.54) is 0 Å². The average molecular weight is 130 g/mol. The van der Waals surface area contributed by atoms with E-state index in [4.69, 9.17) is 14.2 Å². The lowest BCUT2D eigenvalue weighted by atomic mass is 9.98. The zero-order chi connectivity index (χ0) is 6.16. The van der Waals surface area contributed by atoms with Gasteiger partial charge in [0.05, 0.1) is 19.8 Å². The Morgan fingerprint density at radius 1 is 1.11 bits per heavy atom. The molecule has 2 fully saturated rings. The summed E-state index contributed by atoms with van der Waals surface area (Å²) in [7, 11) is 0. The maximum absolute atomic E-state index is 5.35. The van der Waals surface area contributed by atoms with Crippen LogP contribution < -0.4 is 0 Å². The zero-order valence-corrected chi connectivity index (χ0v) is 5.26. The van der Waals surface area contributed by atoms with Gasteiger partial charge in [-0.1, -0.05) is 0 Å². The van der Waals surface area contributed by atoms with Gasteiger partial charge in [-0.25, -0.2) is 0 Å². The Morgan fingerprint density at radius 2 is 2.00 bits per heavy atom. The summed E-state index contributed by atoms with van der Waals surface area (Å²) in [5, 5.41) is 0. The molecule has 3 nitrogen and oxygen atoms in total. The van der Waals surface area contributed by atoms with Crippen LogP contribution in [0.3, 0.4) is 0 Å². The van der Waals surface area contributed by atoms with Crippen LogP contribution in [0.4, 0.5) is 0 Å². The fourth-order valence-electron chi connectivity index (χ4n) is 1.11. The first-order valence-electron chi connectivity index (χ1n) is 3.21. The van der Waals surface area contributed by atoms with Crippen LogP contribution in [-0.4, -0.2) is 32.2 Å². The molecule has 2 saturated heterocycles. The van der Waals surface area contributed by atoms with Crippen molar-refractivity contribution in [3.63, 3.8) is 0 Å². The lowest BCUT2D eigenvalue weighted by Gasteiger charge is -2.43. The minimum atomic E-state index is 0.0538. The number of ether oxygens (including phenoxy) is 3. The van der Waals surface area contributed by atoms with E-state index in [2.05, 4.69) is 0 Å². The first-order valence-corrected chi connectivity index (χ1v) is 3.21. The van der Waals surface area contributed by atoms with Crippen LogP contribution in [0, 0.1) is 0 Å². The molecule has 0 unspecified atom stereocenters. The largest absolute Gasteiger partial charge is 0.375 e. The molecular weight excluding hydrogens is 120 g/mol. The predicted molar refractivity (Wildman–Crippen MR) is 30.1 cm³/mol. The Balaban J connectivity index is 1.93. The average Bonchev–Trinajstić information content (AvgIpc) is 1.87. The number of hydrogen-bond acceptors (Lipinski definition) is 3. The first kappa shape index (κ1) is 5.65. The van der Waals surface area contributed by atoms with Crippen molar-refractivity contribution in [1.29, 1.82) is 0 Å². The maximum atomic E-state index is 5.35. The van der Waals surface area contributed by atoms with Crippen molar-refractivity contribution < 1.29 is 14.2 Å². The molecule has 0 N–H and O–H groups in total. The fourth-order valence-corrected chi connectivity index (χ4v) is 1.11. The second kappa shape index (κ2) is 1.94. The molecule has 2 rings (SSSR count). The van der Waals surface area contributed by atoms with Gasteiger partial charge in [-0.3, -0.25) is 0 Å². The molecule has 0 saturated carbocycles. The molecule has 0 radical (unpaired) electrons. The van der Waals surface area contributed by atoms with Gasteiger partial charge in [0.1, 0.15) is 12.4 Å². The van der Waals surface area contributed by atoms with Gasteiger partial charge in [-0.2, -0.15) is 0 Å². The van der Waals surface area contributed by atoms with E-state index in [1.807, 2.05) is 0 Å². The summed E-state index contributed by atoms with van der Waals surface area (Å²) in [6, 6.07) is 0. The van der Waals surface area contributed by atoms with Crippen molar-refractivity contribution in [2.45, 2.75) is 12.0 Å². The molecule has 0 aliphatic carbocycles. The molecule has 2 aliphatic heterocycles. The van der Waals surface area contributed by atoms with Gasteiger partial charge in [-0.15, -0.1) is 0 Å². The first-order chi connectivity index (χ1) is 4.41. The third-order valence-electron chi connectivity index (χ3n) is 1.88. The molecule has 9 heavy (non-hydrogen) atoms. The monoisotopic (exact) mass is 130 g/mol. The SMILES string of the molecule is C1CC2(COC2)OCO1. The molecule has 0 atom stereocenters. The summed E-state index contributed by atoms with van der Waals surface area (Å²) in [4.78, 5) is 0. The van der Waals surface area contributed by atoms with Crippen molar-refractivity contribution in [3.8, 4) is 0 Å². The molecule has 0 aromatic carbocycles. The molecule has 0 amide bonds. The Morgan fingerprint density at radius 3 is 2.33 bits per heavy atom. The van der Waals surface area contributed by atoms with Crippen LogP contribution >= 0.6 is 0 Å². The highest BCUT2D eigenvalue weighted by Gasteiger charge is 2.41. The van der Waals surface area contributed by atoms with E-state index >= 15 is 0 Å². The number of rotatable bonds is 0. The van der Waals surface area contributed by atoms with Gasteiger partial charge in [0.2, 0.25) is 0 Å². The topological polar surface area (TPSA) is 27.7 Å². The van der Waals surface area contributed by atoms with Gasteiger partial charge < -0.3 is 14.2 Å². The highest BCUT2D eigenvalue weighted by molar-refractivity contribution is 4.88. The van der Waals surface area contributed by atoms with Gasteiger partial charge in [0.15, 0.2) is 0 Å². The Labute approximate surface area is 53.9 Å². The third kappa shape index (κ3) is 0.852. The highest BCUT2D eigenvalue weighted by atomic mass is 16.7. The Kier molecular flexibility index (Phi) is 1.22. The van der Waals surface area contributed by atoms with Gasteiger partial charge >= 0.3 is 0 Å². The van der Waals surface area contributed by atoms with E-state index in [1.54, 1.807) is 0 Å². The smallest absolute Gasteiger partial charge is 0.147 e.